The fourth-order valence-corrected chi connectivity index (χ4v) is 3.38. The van der Waals surface area contributed by atoms with E-state index in [2.05, 4.69) is 17.1 Å². The van der Waals surface area contributed by atoms with Gasteiger partial charge in [-0.1, -0.05) is 49.4 Å². The minimum Gasteiger partial charge on any atom is -0.314 e. The van der Waals surface area contributed by atoms with Crippen LogP contribution in [-0.2, 0) is 0 Å². The van der Waals surface area contributed by atoms with Gasteiger partial charge in [-0.25, -0.2) is 4.39 Å². The molecule has 0 aromatic heterocycles. The molecule has 1 aliphatic heterocycles. The average Bonchev–Trinajstić information content (AvgIpc) is 2.51. The van der Waals surface area contributed by atoms with Crippen LogP contribution in [0.1, 0.15) is 44.2 Å². The molecule has 0 saturated carbocycles. The predicted octanol–water partition coefficient (Wildman–Crippen LogP) is 5.50. The minimum atomic E-state index is -0.357. The summed E-state index contributed by atoms with van der Waals surface area (Å²) in [5.74, 6) is -0.357. The van der Waals surface area contributed by atoms with Gasteiger partial charge in [0, 0.05) is 42.8 Å². The molecule has 0 unspecified atom stereocenters. The second kappa shape index (κ2) is 11.7. The van der Waals surface area contributed by atoms with E-state index in [4.69, 9.17) is 23.2 Å². The number of unbranched alkanes of at least 4 members (excludes halogenated alkanes) is 2. The Balaban J connectivity index is 0.00000242. The van der Waals surface area contributed by atoms with Crippen molar-refractivity contribution in [3.63, 3.8) is 0 Å². The lowest BCUT2D eigenvalue weighted by molar-refractivity contribution is 0.159. The largest absolute Gasteiger partial charge is 0.314 e. The summed E-state index contributed by atoms with van der Waals surface area (Å²) in [5, 5.41) is 3.98. The second-order valence-corrected chi connectivity index (χ2v) is 6.37. The monoisotopic (exact) mass is 404 g/mol. The molecule has 1 aliphatic rings. The second-order valence-electron chi connectivity index (χ2n) is 5.55. The lowest BCUT2D eigenvalue weighted by atomic mass is 9.97. The van der Waals surface area contributed by atoms with E-state index in [1.807, 2.05) is 0 Å². The number of nitrogens with one attached hydrogen (secondary N) is 1. The summed E-state index contributed by atoms with van der Waals surface area (Å²) in [6.45, 7) is 5.87. The van der Waals surface area contributed by atoms with Crippen LogP contribution in [0.4, 0.5) is 4.39 Å². The molecule has 1 aromatic carbocycles. The van der Waals surface area contributed by atoms with Crippen LogP contribution < -0.4 is 5.32 Å². The summed E-state index contributed by atoms with van der Waals surface area (Å²) in [6, 6.07) is 3.26. The van der Waals surface area contributed by atoms with Gasteiger partial charge in [0.15, 0.2) is 0 Å². The molecular formula is C16H25Cl4FN2. The summed E-state index contributed by atoms with van der Waals surface area (Å²) in [7, 11) is 0. The third kappa shape index (κ3) is 6.22. The predicted molar refractivity (Wildman–Crippen MR) is 102 cm³/mol. The van der Waals surface area contributed by atoms with Crippen LogP contribution >= 0.6 is 48.0 Å². The molecule has 23 heavy (non-hydrogen) atoms. The molecule has 0 radical (unpaired) electrons. The van der Waals surface area contributed by atoms with Crippen LogP contribution in [0.3, 0.4) is 0 Å². The van der Waals surface area contributed by atoms with Gasteiger partial charge in [-0.15, -0.1) is 24.8 Å². The Labute approximate surface area is 160 Å². The zero-order chi connectivity index (χ0) is 15.2. The zero-order valence-corrected chi connectivity index (χ0v) is 16.4. The molecule has 1 aromatic rings. The number of hydrogen-bond donors (Lipinski definition) is 1. The van der Waals surface area contributed by atoms with Crippen LogP contribution in [-0.4, -0.2) is 31.1 Å². The highest BCUT2D eigenvalue weighted by molar-refractivity contribution is 6.33. The first-order valence-corrected chi connectivity index (χ1v) is 8.49. The fourth-order valence-electron chi connectivity index (χ4n) is 2.94. The Kier molecular flexibility index (Phi) is 11.8. The van der Waals surface area contributed by atoms with Crippen molar-refractivity contribution in [2.45, 2.75) is 38.6 Å². The Morgan fingerprint density at radius 2 is 1.74 bits per heavy atom. The highest BCUT2D eigenvalue weighted by atomic mass is 35.5. The van der Waals surface area contributed by atoms with Crippen LogP contribution in [0.25, 0.3) is 0 Å². The van der Waals surface area contributed by atoms with Gasteiger partial charge in [0.2, 0.25) is 0 Å². The molecule has 1 atom stereocenters. The number of benzene rings is 1. The van der Waals surface area contributed by atoms with Crippen molar-refractivity contribution in [3.8, 4) is 0 Å². The van der Waals surface area contributed by atoms with E-state index in [-0.39, 0.29) is 41.7 Å². The van der Waals surface area contributed by atoms with E-state index in [9.17, 15) is 4.39 Å². The molecule has 0 amide bonds. The molecular weight excluding hydrogens is 381 g/mol. The Hall–Kier alpha value is 0.230. The first-order chi connectivity index (χ1) is 10.1. The molecule has 1 heterocycles. The Bertz CT molecular complexity index is 468. The smallest absolute Gasteiger partial charge is 0.148 e. The van der Waals surface area contributed by atoms with Gasteiger partial charge >= 0.3 is 0 Å². The summed E-state index contributed by atoms with van der Waals surface area (Å²) >= 11 is 12.3. The van der Waals surface area contributed by atoms with E-state index in [0.717, 1.165) is 51.9 Å². The van der Waals surface area contributed by atoms with Crippen molar-refractivity contribution < 1.29 is 4.39 Å². The van der Waals surface area contributed by atoms with Gasteiger partial charge in [0.1, 0.15) is 5.82 Å². The number of nitrogens with zero attached hydrogens (tertiary/aromatic N) is 1. The third-order valence-electron chi connectivity index (χ3n) is 4.09. The number of rotatable bonds is 6. The van der Waals surface area contributed by atoms with Crippen LogP contribution in [0.2, 0.25) is 10.0 Å². The van der Waals surface area contributed by atoms with Gasteiger partial charge in [-0.05, 0) is 18.6 Å². The maximum absolute atomic E-state index is 14.5. The lowest BCUT2D eigenvalue weighted by Crippen LogP contribution is -2.45. The van der Waals surface area contributed by atoms with Crippen LogP contribution in [0, 0.1) is 5.82 Å². The first kappa shape index (κ1) is 23.2. The van der Waals surface area contributed by atoms with Crippen molar-refractivity contribution in [1.82, 2.24) is 10.2 Å². The average molecular weight is 406 g/mol. The first-order valence-electron chi connectivity index (χ1n) is 7.73. The fraction of sp³-hybridized carbons (Fsp3) is 0.625. The summed E-state index contributed by atoms with van der Waals surface area (Å²) in [5.41, 5.74) is 0.571. The van der Waals surface area contributed by atoms with E-state index in [1.54, 1.807) is 6.07 Å². The number of hydrogen-bond acceptors (Lipinski definition) is 2. The number of piperazine rings is 1. The van der Waals surface area contributed by atoms with Crippen molar-refractivity contribution >= 4 is 48.0 Å². The Morgan fingerprint density at radius 1 is 1.13 bits per heavy atom. The van der Waals surface area contributed by atoms with E-state index in [1.165, 1.54) is 6.07 Å². The number of halogens is 5. The SMILES string of the molecule is CCCCC[C@@H](c1c(Cl)ccc(Cl)c1F)N1CCNCC1.Cl.Cl. The quantitative estimate of drug-likeness (QED) is 0.496. The summed E-state index contributed by atoms with van der Waals surface area (Å²) < 4.78 is 14.5. The van der Waals surface area contributed by atoms with Crippen molar-refractivity contribution in [2.24, 2.45) is 0 Å². The van der Waals surface area contributed by atoms with Gasteiger partial charge in [0.25, 0.3) is 0 Å². The van der Waals surface area contributed by atoms with E-state index in [0.29, 0.717) is 10.6 Å². The van der Waals surface area contributed by atoms with Crippen molar-refractivity contribution in [2.75, 3.05) is 26.2 Å². The lowest BCUT2D eigenvalue weighted by Gasteiger charge is -2.36. The van der Waals surface area contributed by atoms with Crippen LogP contribution in [0.5, 0.6) is 0 Å². The highest BCUT2D eigenvalue weighted by Crippen LogP contribution is 2.36. The van der Waals surface area contributed by atoms with Gasteiger partial charge < -0.3 is 5.32 Å². The van der Waals surface area contributed by atoms with E-state index < -0.39 is 0 Å². The van der Waals surface area contributed by atoms with Crippen molar-refractivity contribution in [1.29, 1.82) is 0 Å². The molecule has 1 fully saturated rings. The zero-order valence-electron chi connectivity index (χ0n) is 13.3. The summed E-state index contributed by atoms with van der Waals surface area (Å²) in [4.78, 5) is 2.33. The van der Waals surface area contributed by atoms with Crippen molar-refractivity contribution in [3.05, 3.63) is 33.6 Å². The van der Waals surface area contributed by atoms with Gasteiger partial charge in [-0.2, -0.15) is 0 Å². The molecule has 0 spiro atoms. The maximum atomic E-state index is 14.5. The molecule has 0 aliphatic carbocycles. The molecule has 1 saturated heterocycles. The topological polar surface area (TPSA) is 15.3 Å². The highest BCUT2D eigenvalue weighted by Gasteiger charge is 2.27. The maximum Gasteiger partial charge on any atom is 0.148 e. The standard InChI is InChI=1S/C16H23Cl2FN2.2ClH/c1-2-3-4-5-14(21-10-8-20-9-11-21)15-12(17)6-7-13(18)16(15)19;;/h6-7,14,20H,2-5,8-11H2,1H3;2*1H/t14-;;/m0../s1. The minimum absolute atomic E-state index is 0. The normalized spacial score (nSPS) is 16.3. The molecule has 2 rings (SSSR count). The van der Waals surface area contributed by atoms with Gasteiger partial charge in [0.05, 0.1) is 5.02 Å². The van der Waals surface area contributed by atoms with Crippen LogP contribution in [0.15, 0.2) is 12.1 Å². The Morgan fingerprint density at radius 3 is 2.35 bits per heavy atom. The van der Waals surface area contributed by atoms with Gasteiger partial charge in [-0.3, -0.25) is 4.90 Å². The van der Waals surface area contributed by atoms with E-state index >= 15 is 0 Å². The third-order valence-corrected chi connectivity index (χ3v) is 4.71. The summed E-state index contributed by atoms with van der Waals surface area (Å²) in [6.07, 6.45) is 4.31. The molecule has 134 valence electrons. The molecule has 0 bridgehead atoms. The molecule has 7 heteroatoms. The molecule has 2 nitrogen and oxygen atoms in total. The molecule has 1 N–H and O–H groups in total.